The van der Waals surface area contributed by atoms with Crippen LogP contribution in [0.3, 0.4) is 0 Å². The molecule has 2 aliphatic rings. The number of hydrogen-bond donors (Lipinski definition) is 2. The predicted octanol–water partition coefficient (Wildman–Crippen LogP) is 1.72. The Hall–Kier alpha value is -0.610. The summed E-state index contributed by atoms with van der Waals surface area (Å²) in [5.41, 5.74) is 5.13. The highest BCUT2D eigenvalue weighted by Gasteiger charge is 2.44. The second-order valence-corrected chi connectivity index (χ2v) is 6.09. The van der Waals surface area contributed by atoms with Crippen molar-refractivity contribution in [3.05, 3.63) is 0 Å². The van der Waals surface area contributed by atoms with Gasteiger partial charge < -0.3 is 15.8 Å². The summed E-state index contributed by atoms with van der Waals surface area (Å²) in [4.78, 5) is 11.9. The van der Waals surface area contributed by atoms with Crippen molar-refractivity contribution in [2.75, 3.05) is 0 Å². The van der Waals surface area contributed by atoms with Crippen LogP contribution in [-0.2, 0) is 9.53 Å². The molecule has 0 spiro atoms. The molecule has 104 valence electrons. The molecule has 1 aliphatic heterocycles. The Morgan fingerprint density at radius 1 is 1.17 bits per heavy atom. The third-order valence-electron chi connectivity index (χ3n) is 4.29. The van der Waals surface area contributed by atoms with E-state index in [0.717, 1.165) is 0 Å². The van der Waals surface area contributed by atoms with E-state index in [-0.39, 0.29) is 18.1 Å². The van der Waals surface area contributed by atoms with Gasteiger partial charge in [-0.05, 0) is 26.7 Å². The minimum Gasteiger partial charge on any atom is -0.375 e. The van der Waals surface area contributed by atoms with E-state index in [9.17, 15) is 4.79 Å². The van der Waals surface area contributed by atoms with Crippen LogP contribution in [0.4, 0.5) is 0 Å². The molecule has 0 aromatic rings. The molecule has 4 heteroatoms. The number of ether oxygens (including phenoxy) is 1. The summed E-state index contributed by atoms with van der Waals surface area (Å²) in [5.74, 6) is -0.213. The first-order chi connectivity index (χ1) is 8.52. The van der Waals surface area contributed by atoms with Gasteiger partial charge in [-0.1, -0.05) is 19.3 Å². The lowest BCUT2D eigenvalue weighted by Gasteiger charge is -2.44. The Kier molecular flexibility index (Phi) is 4.28. The molecule has 1 aliphatic carbocycles. The number of carbonyl (C=O) groups is 1. The highest BCUT2D eigenvalue weighted by molar-refractivity contribution is 5.85. The van der Waals surface area contributed by atoms with Crippen LogP contribution in [0.25, 0.3) is 0 Å². The van der Waals surface area contributed by atoms with Gasteiger partial charge >= 0.3 is 0 Å². The fraction of sp³-hybridized carbons (Fsp3) is 0.929. The fourth-order valence-corrected chi connectivity index (χ4v) is 3.59. The normalized spacial score (nSPS) is 38.6. The zero-order chi connectivity index (χ0) is 13.2. The second-order valence-electron chi connectivity index (χ2n) is 6.09. The highest BCUT2D eigenvalue weighted by Crippen LogP contribution is 2.31. The van der Waals surface area contributed by atoms with Crippen LogP contribution in [-0.4, -0.2) is 29.7 Å². The summed E-state index contributed by atoms with van der Waals surface area (Å²) in [7, 11) is 0. The topological polar surface area (TPSA) is 64.3 Å². The van der Waals surface area contributed by atoms with Crippen molar-refractivity contribution in [3.8, 4) is 0 Å². The van der Waals surface area contributed by atoms with Crippen LogP contribution in [0.1, 0.15) is 58.8 Å². The van der Waals surface area contributed by atoms with Gasteiger partial charge in [-0.3, -0.25) is 4.79 Å². The molecular formula is C14H26N2O2. The molecule has 2 unspecified atom stereocenters. The SMILES string of the molecule is CC1CC(NC2CCCCC2)(C(N)=O)CC(C)O1. The van der Waals surface area contributed by atoms with E-state index in [1.54, 1.807) is 0 Å². The van der Waals surface area contributed by atoms with Crippen LogP contribution < -0.4 is 11.1 Å². The quantitative estimate of drug-likeness (QED) is 0.806. The summed E-state index contributed by atoms with van der Waals surface area (Å²) >= 11 is 0. The van der Waals surface area contributed by atoms with Gasteiger partial charge in [0.2, 0.25) is 5.91 Å². The molecule has 2 rings (SSSR count). The first-order valence-corrected chi connectivity index (χ1v) is 7.25. The Bertz CT molecular complexity index is 290. The van der Waals surface area contributed by atoms with Gasteiger partial charge in [-0.25, -0.2) is 0 Å². The van der Waals surface area contributed by atoms with Crippen molar-refractivity contribution in [3.63, 3.8) is 0 Å². The molecule has 4 nitrogen and oxygen atoms in total. The monoisotopic (exact) mass is 254 g/mol. The van der Waals surface area contributed by atoms with E-state index in [2.05, 4.69) is 5.32 Å². The second kappa shape index (κ2) is 5.57. The Labute approximate surface area is 110 Å². The number of primary amides is 1. The number of nitrogens with two attached hydrogens (primary N) is 1. The van der Waals surface area contributed by atoms with Gasteiger partial charge in [-0.15, -0.1) is 0 Å². The van der Waals surface area contributed by atoms with Crippen molar-refractivity contribution in [1.29, 1.82) is 0 Å². The Morgan fingerprint density at radius 3 is 2.22 bits per heavy atom. The van der Waals surface area contributed by atoms with Crippen LogP contribution in [0.2, 0.25) is 0 Å². The highest BCUT2D eigenvalue weighted by atomic mass is 16.5. The Balaban J connectivity index is 2.07. The van der Waals surface area contributed by atoms with Crippen LogP contribution in [0, 0.1) is 0 Å². The van der Waals surface area contributed by atoms with Crippen molar-refractivity contribution < 1.29 is 9.53 Å². The number of hydrogen-bond acceptors (Lipinski definition) is 3. The van der Waals surface area contributed by atoms with Gasteiger partial charge in [0.1, 0.15) is 5.54 Å². The summed E-state index contributed by atoms with van der Waals surface area (Å²) in [6.45, 7) is 4.05. The largest absolute Gasteiger partial charge is 0.375 e. The van der Waals surface area contributed by atoms with Gasteiger partial charge in [0.25, 0.3) is 0 Å². The van der Waals surface area contributed by atoms with E-state index >= 15 is 0 Å². The third-order valence-corrected chi connectivity index (χ3v) is 4.29. The number of carbonyl (C=O) groups excluding carboxylic acids is 1. The number of amides is 1. The zero-order valence-electron chi connectivity index (χ0n) is 11.6. The maximum atomic E-state index is 11.9. The predicted molar refractivity (Wildman–Crippen MR) is 71.2 cm³/mol. The average Bonchev–Trinajstić information content (AvgIpc) is 2.28. The lowest BCUT2D eigenvalue weighted by atomic mass is 9.81. The molecular weight excluding hydrogens is 228 g/mol. The van der Waals surface area contributed by atoms with E-state index in [1.165, 1.54) is 32.1 Å². The van der Waals surface area contributed by atoms with Gasteiger partial charge in [0, 0.05) is 18.9 Å². The first-order valence-electron chi connectivity index (χ1n) is 7.25. The molecule has 1 heterocycles. The maximum Gasteiger partial charge on any atom is 0.237 e. The number of nitrogens with one attached hydrogen (secondary N) is 1. The lowest BCUT2D eigenvalue weighted by molar-refractivity contribution is -0.136. The Morgan fingerprint density at radius 2 is 1.72 bits per heavy atom. The van der Waals surface area contributed by atoms with Crippen molar-refractivity contribution in [2.24, 2.45) is 5.73 Å². The lowest BCUT2D eigenvalue weighted by Crippen LogP contribution is -2.63. The zero-order valence-corrected chi connectivity index (χ0v) is 11.6. The van der Waals surface area contributed by atoms with Crippen LogP contribution in [0.5, 0.6) is 0 Å². The summed E-state index contributed by atoms with van der Waals surface area (Å²) < 4.78 is 5.73. The number of rotatable bonds is 3. The molecule has 2 atom stereocenters. The van der Waals surface area contributed by atoms with E-state index in [4.69, 9.17) is 10.5 Å². The minimum absolute atomic E-state index is 0.0948. The molecule has 0 aromatic carbocycles. The standard InChI is InChI=1S/C14H26N2O2/c1-10-8-14(13(15)17,9-11(2)18-10)16-12-6-4-3-5-7-12/h10-12,16H,3-9H2,1-2H3,(H2,15,17). The van der Waals surface area contributed by atoms with Crippen LogP contribution in [0.15, 0.2) is 0 Å². The minimum atomic E-state index is -0.556. The van der Waals surface area contributed by atoms with Crippen molar-refractivity contribution in [1.82, 2.24) is 5.32 Å². The van der Waals surface area contributed by atoms with Crippen molar-refractivity contribution in [2.45, 2.75) is 82.6 Å². The van der Waals surface area contributed by atoms with Gasteiger partial charge in [0.05, 0.1) is 12.2 Å². The van der Waals surface area contributed by atoms with E-state index in [1.807, 2.05) is 13.8 Å². The smallest absolute Gasteiger partial charge is 0.237 e. The van der Waals surface area contributed by atoms with E-state index < -0.39 is 5.54 Å². The van der Waals surface area contributed by atoms with E-state index in [0.29, 0.717) is 18.9 Å². The first kappa shape index (κ1) is 13.8. The molecule has 0 aromatic heterocycles. The summed E-state index contributed by atoms with van der Waals surface area (Å²) in [6.07, 6.45) is 7.75. The molecule has 18 heavy (non-hydrogen) atoms. The maximum absolute atomic E-state index is 11.9. The molecule has 1 amide bonds. The third kappa shape index (κ3) is 3.04. The molecule has 1 saturated heterocycles. The van der Waals surface area contributed by atoms with Gasteiger partial charge in [-0.2, -0.15) is 0 Å². The molecule has 1 saturated carbocycles. The van der Waals surface area contributed by atoms with Crippen molar-refractivity contribution >= 4 is 5.91 Å². The fourth-order valence-electron chi connectivity index (χ4n) is 3.59. The van der Waals surface area contributed by atoms with Gasteiger partial charge in [0.15, 0.2) is 0 Å². The summed E-state index contributed by atoms with van der Waals surface area (Å²) in [6, 6.07) is 0.448. The summed E-state index contributed by atoms with van der Waals surface area (Å²) in [5, 5.41) is 3.58. The molecule has 0 radical (unpaired) electrons. The molecule has 2 fully saturated rings. The average molecular weight is 254 g/mol. The van der Waals surface area contributed by atoms with Crippen LogP contribution >= 0.6 is 0 Å². The molecule has 0 bridgehead atoms. The molecule has 3 N–H and O–H groups in total.